The van der Waals surface area contributed by atoms with E-state index in [0.29, 0.717) is 16.9 Å². The van der Waals surface area contributed by atoms with E-state index in [9.17, 15) is 9.59 Å². The molecule has 2 rings (SSSR count). The van der Waals surface area contributed by atoms with Gasteiger partial charge in [0.15, 0.2) is 5.65 Å². The molecule has 2 aromatic rings. The predicted molar refractivity (Wildman–Crippen MR) is 61.0 cm³/mol. The molecule has 0 aliphatic heterocycles. The summed E-state index contributed by atoms with van der Waals surface area (Å²) in [6.07, 6.45) is -0.0603. The van der Waals surface area contributed by atoms with Crippen LogP contribution < -0.4 is 5.56 Å². The fraction of sp³-hybridized carbons (Fsp3) is 0.364. The first-order chi connectivity index (χ1) is 8.02. The Morgan fingerprint density at radius 3 is 2.88 bits per heavy atom. The summed E-state index contributed by atoms with van der Waals surface area (Å²) in [6.45, 7) is 3.55. The molecule has 1 N–H and O–H groups in total. The van der Waals surface area contributed by atoms with E-state index in [0.717, 1.165) is 5.69 Å². The summed E-state index contributed by atoms with van der Waals surface area (Å²) in [7, 11) is 1.29. The van der Waals surface area contributed by atoms with E-state index in [4.69, 9.17) is 0 Å². The molecule has 0 aliphatic carbocycles. The van der Waals surface area contributed by atoms with E-state index in [1.165, 1.54) is 11.6 Å². The molecule has 2 aromatic heterocycles. The maximum absolute atomic E-state index is 12.1. The van der Waals surface area contributed by atoms with Gasteiger partial charge in [-0.3, -0.25) is 14.7 Å². The van der Waals surface area contributed by atoms with Crippen molar-refractivity contribution in [2.75, 3.05) is 7.11 Å². The van der Waals surface area contributed by atoms with Crippen LogP contribution in [0.4, 0.5) is 0 Å². The lowest BCUT2D eigenvalue weighted by atomic mass is 10.2. The standard InChI is InChI=1S/C11H13N3O3/c1-6-4-9-12-7(2)8(5-10(15)17-3)11(16)14(9)13-6/h4,13H,5H2,1-3H3. The van der Waals surface area contributed by atoms with Gasteiger partial charge in [-0.25, -0.2) is 9.50 Å². The first-order valence-electron chi connectivity index (χ1n) is 5.17. The molecule has 2 heterocycles. The number of ether oxygens (including phenoxy) is 1. The van der Waals surface area contributed by atoms with E-state index < -0.39 is 5.97 Å². The Labute approximate surface area is 97.2 Å². The number of H-pyrrole nitrogens is 1. The smallest absolute Gasteiger partial charge is 0.310 e. The number of hydrogen-bond acceptors (Lipinski definition) is 4. The highest BCUT2D eigenvalue weighted by atomic mass is 16.5. The van der Waals surface area contributed by atoms with Gasteiger partial charge < -0.3 is 4.74 Å². The van der Waals surface area contributed by atoms with Crippen LogP contribution in [-0.2, 0) is 16.0 Å². The topological polar surface area (TPSA) is 76.5 Å². The largest absolute Gasteiger partial charge is 0.469 e. The fourth-order valence-electron chi connectivity index (χ4n) is 1.71. The number of nitrogens with zero attached hydrogens (tertiary/aromatic N) is 2. The van der Waals surface area contributed by atoms with Crippen molar-refractivity contribution in [3.8, 4) is 0 Å². The van der Waals surface area contributed by atoms with Crippen molar-refractivity contribution in [1.82, 2.24) is 14.6 Å². The molecule has 0 fully saturated rings. The summed E-state index contributed by atoms with van der Waals surface area (Å²) >= 11 is 0. The van der Waals surface area contributed by atoms with Crippen molar-refractivity contribution in [2.24, 2.45) is 0 Å². The summed E-state index contributed by atoms with van der Waals surface area (Å²) < 4.78 is 5.89. The second kappa shape index (κ2) is 4.04. The molecular formula is C11H13N3O3. The van der Waals surface area contributed by atoms with Crippen molar-refractivity contribution < 1.29 is 9.53 Å². The summed E-state index contributed by atoms with van der Waals surface area (Å²) in [5.74, 6) is -0.449. The quantitative estimate of drug-likeness (QED) is 0.762. The third-order valence-electron chi connectivity index (χ3n) is 2.59. The molecule has 6 nitrogen and oxygen atoms in total. The average Bonchev–Trinajstić information content (AvgIpc) is 2.64. The third kappa shape index (κ3) is 1.93. The van der Waals surface area contributed by atoms with Gasteiger partial charge in [0.2, 0.25) is 0 Å². The molecule has 0 amide bonds. The number of carbonyl (C=O) groups excluding carboxylic acids is 1. The summed E-state index contributed by atoms with van der Waals surface area (Å²) in [6, 6.07) is 1.77. The van der Waals surface area contributed by atoms with Gasteiger partial charge in [-0.15, -0.1) is 0 Å². The first kappa shape index (κ1) is 11.4. The number of aromatic nitrogens is 3. The highest BCUT2D eigenvalue weighted by Gasteiger charge is 2.14. The van der Waals surface area contributed by atoms with Crippen LogP contribution in [0.5, 0.6) is 0 Å². The van der Waals surface area contributed by atoms with Crippen molar-refractivity contribution >= 4 is 11.6 Å². The van der Waals surface area contributed by atoms with Crippen molar-refractivity contribution in [2.45, 2.75) is 20.3 Å². The zero-order valence-electron chi connectivity index (χ0n) is 9.90. The molecule has 0 aromatic carbocycles. The molecule has 6 heteroatoms. The number of hydrogen-bond donors (Lipinski definition) is 1. The molecule has 0 unspecified atom stereocenters. The maximum atomic E-state index is 12.1. The zero-order chi connectivity index (χ0) is 12.6. The molecule has 90 valence electrons. The average molecular weight is 235 g/mol. The van der Waals surface area contributed by atoms with Crippen molar-refractivity contribution in [1.29, 1.82) is 0 Å². The van der Waals surface area contributed by atoms with E-state index in [1.807, 2.05) is 6.92 Å². The van der Waals surface area contributed by atoms with Crippen LogP contribution >= 0.6 is 0 Å². The van der Waals surface area contributed by atoms with Gasteiger partial charge in [0.1, 0.15) is 0 Å². The SMILES string of the molecule is COC(=O)Cc1c(C)nc2cc(C)[nH]n2c1=O. The Bertz CT molecular complexity index is 639. The molecule has 0 saturated carbocycles. The molecule has 0 spiro atoms. The van der Waals surface area contributed by atoms with E-state index in [1.54, 1.807) is 13.0 Å². The van der Waals surface area contributed by atoms with Crippen LogP contribution in [0.15, 0.2) is 10.9 Å². The van der Waals surface area contributed by atoms with Crippen LogP contribution in [0, 0.1) is 13.8 Å². The lowest BCUT2D eigenvalue weighted by Gasteiger charge is -2.03. The molecule has 0 bridgehead atoms. The summed E-state index contributed by atoms with van der Waals surface area (Å²) in [4.78, 5) is 27.6. The van der Waals surface area contributed by atoms with Gasteiger partial charge in [-0.2, -0.15) is 0 Å². The molecule has 0 aliphatic rings. The number of carbonyl (C=O) groups is 1. The number of fused-ring (bicyclic) bond motifs is 1. The second-order valence-electron chi connectivity index (χ2n) is 3.87. The van der Waals surface area contributed by atoms with E-state index >= 15 is 0 Å². The Balaban J connectivity index is 2.63. The Kier molecular flexibility index (Phi) is 2.71. The minimum absolute atomic E-state index is 0.0603. The molecule has 17 heavy (non-hydrogen) atoms. The maximum Gasteiger partial charge on any atom is 0.310 e. The van der Waals surface area contributed by atoms with Gasteiger partial charge in [0.05, 0.1) is 19.1 Å². The second-order valence-corrected chi connectivity index (χ2v) is 3.87. The minimum atomic E-state index is -0.449. The number of aromatic amines is 1. The van der Waals surface area contributed by atoms with Crippen LogP contribution in [0.2, 0.25) is 0 Å². The number of nitrogens with one attached hydrogen (secondary N) is 1. The van der Waals surface area contributed by atoms with E-state index in [2.05, 4.69) is 14.8 Å². The van der Waals surface area contributed by atoms with Gasteiger partial charge in [0.25, 0.3) is 5.56 Å². The predicted octanol–water partition coefficient (Wildman–Crippen LogP) is 0.355. The number of methoxy groups -OCH3 is 1. The molecular weight excluding hydrogens is 222 g/mol. The highest BCUT2D eigenvalue weighted by molar-refractivity contribution is 5.72. The van der Waals surface area contributed by atoms with Crippen molar-refractivity contribution in [3.63, 3.8) is 0 Å². The Hall–Kier alpha value is -2.11. The van der Waals surface area contributed by atoms with Gasteiger partial charge >= 0.3 is 5.97 Å². The first-order valence-corrected chi connectivity index (χ1v) is 5.17. The Morgan fingerprint density at radius 2 is 2.24 bits per heavy atom. The van der Waals surface area contributed by atoms with Gasteiger partial charge in [0, 0.05) is 17.5 Å². The van der Waals surface area contributed by atoms with Crippen LogP contribution in [0.25, 0.3) is 5.65 Å². The fourth-order valence-corrected chi connectivity index (χ4v) is 1.71. The molecule has 0 saturated heterocycles. The van der Waals surface area contributed by atoms with Crippen LogP contribution in [0.1, 0.15) is 17.0 Å². The lowest BCUT2D eigenvalue weighted by Crippen LogP contribution is -2.24. The zero-order valence-corrected chi connectivity index (χ0v) is 9.90. The van der Waals surface area contributed by atoms with Crippen molar-refractivity contribution in [3.05, 3.63) is 33.4 Å². The molecule has 0 radical (unpaired) electrons. The Morgan fingerprint density at radius 1 is 1.53 bits per heavy atom. The number of aryl methyl sites for hydroxylation is 2. The van der Waals surface area contributed by atoms with Gasteiger partial charge in [-0.05, 0) is 13.8 Å². The van der Waals surface area contributed by atoms with E-state index in [-0.39, 0.29) is 12.0 Å². The van der Waals surface area contributed by atoms with Gasteiger partial charge in [-0.1, -0.05) is 0 Å². The summed E-state index contributed by atoms with van der Waals surface area (Å²) in [5.41, 5.74) is 2.05. The summed E-state index contributed by atoms with van der Waals surface area (Å²) in [5, 5.41) is 2.88. The minimum Gasteiger partial charge on any atom is -0.469 e. The number of esters is 1. The molecule has 0 atom stereocenters. The third-order valence-corrected chi connectivity index (χ3v) is 2.59. The normalized spacial score (nSPS) is 10.8. The van der Waals surface area contributed by atoms with Crippen LogP contribution in [0.3, 0.4) is 0 Å². The van der Waals surface area contributed by atoms with Crippen LogP contribution in [-0.4, -0.2) is 27.7 Å². The monoisotopic (exact) mass is 235 g/mol. The highest BCUT2D eigenvalue weighted by Crippen LogP contribution is 2.06. The number of rotatable bonds is 2. The lowest BCUT2D eigenvalue weighted by molar-refractivity contribution is -0.139.